The van der Waals surface area contributed by atoms with Gasteiger partial charge in [0.15, 0.2) is 0 Å². The molecular formula is C28H29N3O5S. The molecule has 1 heterocycles. The van der Waals surface area contributed by atoms with Crippen molar-refractivity contribution in [2.24, 2.45) is 5.73 Å². The lowest BCUT2D eigenvalue weighted by molar-refractivity contribution is 0.0992. The number of hydrogen-bond donors (Lipinski definition) is 4. The summed E-state index contributed by atoms with van der Waals surface area (Å²) in [4.78, 5) is 15.9. The number of thiazole rings is 1. The van der Waals surface area contributed by atoms with Crippen molar-refractivity contribution in [3.63, 3.8) is 0 Å². The van der Waals surface area contributed by atoms with Crippen LogP contribution in [0.15, 0.2) is 84.4 Å². The quantitative estimate of drug-likeness (QED) is 0.212. The lowest BCUT2D eigenvalue weighted by Crippen LogP contribution is -2.38. The zero-order valence-corrected chi connectivity index (χ0v) is 20.9. The third kappa shape index (κ3) is 7.78. The molecule has 5 N–H and O–H groups in total. The number of benzene rings is 3. The number of phenols is 1. The van der Waals surface area contributed by atoms with Crippen LogP contribution in [-0.4, -0.2) is 53.0 Å². The van der Waals surface area contributed by atoms with Crippen molar-refractivity contribution in [3.05, 3.63) is 95.5 Å². The topological polar surface area (TPSA) is 127 Å². The van der Waals surface area contributed by atoms with Crippen molar-refractivity contribution >= 4 is 17.2 Å². The molecule has 3 aromatic carbocycles. The fraction of sp³-hybridized carbons (Fsp3) is 0.214. The van der Waals surface area contributed by atoms with Gasteiger partial charge in [-0.3, -0.25) is 4.79 Å². The number of ether oxygens (including phenoxy) is 2. The summed E-state index contributed by atoms with van der Waals surface area (Å²) in [6.45, 7) is 0.864. The number of hydrogen-bond acceptors (Lipinski definition) is 8. The number of nitrogens with two attached hydrogens (primary N) is 1. The minimum absolute atomic E-state index is 0.00354. The Morgan fingerprint density at radius 1 is 1.03 bits per heavy atom. The van der Waals surface area contributed by atoms with Crippen LogP contribution in [0.1, 0.15) is 15.9 Å². The van der Waals surface area contributed by atoms with Gasteiger partial charge < -0.3 is 30.7 Å². The first kappa shape index (κ1) is 26.2. The SMILES string of the molecule is NC(=O)c1cc(OC(CNCC(O)COc2ccc(-c3nccs3)cc2)Cc2ccccc2)ccc1O. The highest BCUT2D eigenvalue weighted by molar-refractivity contribution is 7.13. The number of carbonyl (C=O) groups is 1. The molecule has 0 radical (unpaired) electrons. The van der Waals surface area contributed by atoms with E-state index in [0.29, 0.717) is 31.0 Å². The molecule has 2 atom stereocenters. The highest BCUT2D eigenvalue weighted by Gasteiger charge is 2.16. The summed E-state index contributed by atoms with van der Waals surface area (Å²) in [6.07, 6.45) is 1.33. The van der Waals surface area contributed by atoms with Gasteiger partial charge >= 0.3 is 0 Å². The van der Waals surface area contributed by atoms with E-state index >= 15 is 0 Å². The molecule has 0 spiro atoms. The Morgan fingerprint density at radius 3 is 2.49 bits per heavy atom. The predicted molar refractivity (Wildman–Crippen MR) is 143 cm³/mol. The number of carbonyl (C=O) groups excluding carboxylic acids is 1. The highest BCUT2D eigenvalue weighted by Crippen LogP contribution is 2.25. The number of aliphatic hydroxyl groups excluding tert-OH is 1. The van der Waals surface area contributed by atoms with Gasteiger partial charge in [-0.1, -0.05) is 30.3 Å². The van der Waals surface area contributed by atoms with E-state index in [-0.39, 0.29) is 24.0 Å². The van der Waals surface area contributed by atoms with Crippen LogP contribution in [0.25, 0.3) is 10.6 Å². The van der Waals surface area contributed by atoms with Gasteiger partial charge in [0.05, 0.1) is 5.56 Å². The number of amides is 1. The maximum Gasteiger partial charge on any atom is 0.252 e. The summed E-state index contributed by atoms with van der Waals surface area (Å²) in [7, 11) is 0. The average Bonchev–Trinajstić information content (AvgIpc) is 3.44. The number of rotatable bonds is 13. The van der Waals surface area contributed by atoms with Crippen LogP contribution in [0.3, 0.4) is 0 Å². The minimum Gasteiger partial charge on any atom is -0.507 e. The maximum atomic E-state index is 11.6. The molecule has 4 rings (SSSR count). The third-order valence-electron chi connectivity index (χ3n) is 5.57. The first-order chi connectivity index (χ1) is 18.0. The molecule has 0 saturated heterocycles. The molecule has 1 aromatic heterocycles. The fourth-order valence-corrected chi connectivity index (χ4v) is 4.38. The van der Waals surface area contributed by atoms with E-state index in [0.717, 1.165) is 16.1 Å². The second-order valence-electron chi connectivity index (χ2n) is 8.46. The van der Waals surface area contributed by atoms with Gasteiger partial charge in [-0.05, 0) is 48.0 Å². The van der Waals surface area contributed by atoms with E-state index in [1.54, 1.807) is 23.6 Å². The van der Waals surface area contributed by atoms with E-state index in [1.165, 1.54) is 12.1 Å². The lowest BCUT2D eigenvalue weighted by atomic mass is 10.1. The third-order valence-corrected chi connectivity index (χ3v) is 6.39. The molecule has 1 amide bonds. The van der Waals surface area contributed by atoms with Crippen LogP contribution in [0.2, 0.25) is 0 Å². The minimum atomic E-state index is -0.735. The Balaban J connectivity index is 1.30. The van der Waals surface area contributed by atoms with Crippen LogP contribution >= 0.6 is 11.3 Å². The van der Waals surface area contributed by atoms with Crippen molar-refractivity contribution in [1.82, 2.24) is 10.3 Å². The monoisotopic (exact) mass is 519 g/mol. The Kier molecular flexibility index (Phi) is 9.09. The standard InChI is InChI=1S/C28H29N3O5S/c29-27(34)25-15-23(10-11-26(25)33)36-24(14-19-4-2-1-3-5-19)17-30-16-21(32)18-35-22-8-6-20(7-9-22)28-31-12-13-37-28/h1-13,15,21,24,30,32-33H,14,16-18H2,(H2,29,34). The average molecular weight is 520 g/mol. The van der Waals surface area contributed by atoms with Crippen molar-refractivity contribution in [2.75, 3.05) is 19.7 Å². The zero-order valence-electron chi connectivity index (χ0n) is 20.1. The molecule has 0 aliphatic heterocycles. The summed E-state index contributed by atoms with van der Waals surface area (Å²) < 4.78 is 11.8. The van der Waals surface area contributed by atoms with E-state index in [1.807, 2.05) is 60.0 Å². The van der Waals surface area contributed by atoms with Gasteiger partial charge in [0, 0.05) is 36.7 Å². The molecule has 2 unspecified atom stereocenters. The molecule has 0 fully saturated rings. The summed E-state index contributed by atoms with van der Waals surface area (Å²) in [5.74, 6) is 0.154. The van der Waals surface area contributed by atoms with Crippen LogP contribution in [-0.2, 0) is 6.42 Å². The second kappa shape index (κ2) is 12.9. The molecule has 8 nitrogen and oxygen atoms in total. The smallest absolute Gasteiger partial charge is 0.252 e. The summed E-state index contributed by atoms with van der Waals surface area (Å²) in [5.41, 5.74) is 7.44. The van der Waals surface area contributed by atoms with E-state index in [2.05, 4.69) is 10.3 Å². The van der Waals surface area contributed by atoms with Gasteiger partial charge in [-0.25, -0.2) is 4.98 Å². The second-order valence-corrected chi connectivity index (χ2v) is 9.35. The molecule has 9 heteroatoms. The predicted octanol–water partition coefficient (Wildman–Crippen LogP) is 3.63. The van der Waals surface area contributed by atoms with E-state index < -0.39 is 12.0 Å². The Morgan fingerprint density at radius 2 is 1.78 bits per heavy atom. The normalized spacial score (nSPS) is 12.6. The van der Waals surface area contributed by atoms with Crippen LogP contribution < -0.4 is 20.5 Å². The summed E-state index contributed by atoms with van der Waals surface area (Å²) in [6, 6.07) is 21.9. The van der Waals surface area contributed by atoms with Gasteiger partial charge in [0.2, 0.25) is 0 Å². The zero-order chi connectivity index (χ0) is 26.0. The summed E-state index contributed by atoms with van der Waals surface area (Å²) >= 11 is 1.57. The van der Waals surface area contributed by atoms with Gasteiger partial charge in [-0.15, -0.1) is 11.3 Å². The van der Waals surface area contributed by atoms with Crippen molar-refractivity contribution in [3.8, 4) is 27.8 Å². The van der Waals surface area contributed by atoms with Crippen molar-refractivity contribution in [1.29, 1.82) is 0 Å². The molecule has 0 aliphatic carbocycles. The number of nitrogens with zero attached hydrogens (tertiary/aromatic N) is 1. The molecule has 0 aliphatic rings. The first-order valence-corrected chi connectivity index (χ1v) is 12.7. The van der Waals surface area contributed by atoms with Crippen LogP contribution in [0, 0.1) is 0 Å². The number of nitrogens with one attached hydrogen (secondary N) is 1. The highest BCUT2D eigenvalue weighted by atomic mass is 32.1. The number of aromatic nitrogens is 1. The van der Waals surface area contributed by atoms with Crippen molar-refractivity contribution in [2.45, 2.75) is 18.6 Å². The fourth-order valence-electron chi connectivity index (χ4n) is 3.73. The first-order valence-electron chi connectivity index (χ1n) is 11.8. The van der Waals surface area contributed by atoms with Gasteiger partial charge in [0.1, 0.15) is 41.1 Å². The molecular weight excluding hydrogens is 490 g/mol. The van der Waals surface area contributed by atoms with Gasteiger partial charge in [-0.2, -0.15) is 0 Å². The van der Waals surface area contributed by atoms with E-state index in [4.69, 9.17) is 15.2 Å². The maximum absolute atomic E-state index is 11.6. The number of aliphatic hydroxyl groups is 1. The molecule has 0 saturated carbocycles. The Hall–Kier alpha value is -3.92. The summed E-state index contributed by atoms with van der Waals surface area (Å²) in [5, 5.41) is 26.4. The Labute approximate surface area is 219 Å². The number of aromatic hydroxyl groups is 1. The Bertz CT molecular complexity index is 1270. The molecule has 4 aromatic rings. The molecule has 0 bridgehead atoms. The van der Waals surface area contributed by atoms with E-state index in [9.17, 15) is 15.0 Å². The molecule has 37 heavy (non-hydrogen) atoms. The van der Waals surface area contributed by atoms with Crippen molar-refractivity contribution < 1.29 is 24.5 Å². The molecule has 192 valence electrons. The number of primary amides is 1. The van der Waals surface area contributed by atoms with Crippen LogP contribution in [0.4, 0.5) is 0 Å². The largest absolute Gasteiger partial charge is 0.507 e. The van der Waals surface area contributed by atoms with Gasteiger partial charge in [0.25, 0.3) is 5.91 Å². The van der Waals surface area contributed by atoms with Crippen LogP contribution in [0.5, 0.6) is 17.2 Å². The lowest BCUT2D eigenvalue weighted by Gasteiger charge is -2.21.